The van der Waals surface area contributed by atoms with Gasteiger partial charge in [-0.05, 0) is 49.1 Å². The number of anilines is 1. The van der Waals surface area contributed by atoms with Gasteiger partial charge in [0.1, 0.15) is 5.75 Å². The van der Waals surface area contributed by atoms with Gasteiger partial charge < -0.3 is 10.1 Å². The summed E-state index contributed by atoms with van der Waals surface area (Å²) < 4.78 is 6.25. The first-order chi connectivity index (χ1) is 7.40. The number of carbonyl (C=O) groups excluding carboxylic acids is 1. The van der Waals surface area contributed by atoms with Crippen LogP contribution in [-0.4, -0.2) is 12.5 Å². The summed E-state index contributed by atoms with van der Waals surface area (Å²) in [6.45, 7) is 5.81. The van der Waals surface area contributed by atoms with Crippen LogP contribution in [0.2, 0.25) is 0 Å². The fraction of sp³-hybridized carbons (Fsp3) is 0.364. The van der Waals surface area contributed by atoms with Crippen LogP contribution in [0.25, 0.3) is 0 Å². The summed E-state index contributed by atoms with van der Waals surface area (Å²) in [6, 6.07) is 0. The van der Waals surface area contributed by atoms with Gasteiger partial charge in [-0.2, -0.15) is 0 Å². The third-order valence-corrected chi connectivity index (χ3v) is 3.88. The Hall–Kier alpha value is -0.740. The molecule has 0 heterocycles. The minimum absolute atomic E-state index is 0.609. The maximum Gasteiger partial charge on any atom is 0.318 e. The SMILES string of the molecule is COc1c(C)c(C)c(Br)c(C)c1NC(=O)Cl. The highest BCUT2D eigenvalue weighted by Gasteiger charge is 2.17. The number of nitrogens with one attached hydrogen (secondary N) is 1. The van der Waals surface area contributed by atoms with Crippen LogP contribution in [0.1, 0.15) is 16.7 Å². The van der Waals surface area contributed by atoms with Crippen LogP contribution in [0.15, 0.2) is 4.47 Å². The number of methoxy groups -OCH3 is 1. The van der Waals surface area contributed by atoms with Crippen molar-refractivity contribution in [3.8, 4) is 5.75 Å². The molecule has 1 amide bonds. The molecule has 0 spiro atoms. The molecule has 1 rings (SSSR count). The van der Waals surface area contributed by atoms with Crippen molar-refractivity contribution in [2.75, 3.05) is 12.4 Å². The number of ether oxygens (including phenoxy) is 1. The first kappa shape index (κ1) is 13.3. The predicted molar refractivity (Wildman–Crippen MR) is 69.8 cm³/mol. The van der Waals surface area contributed by atoms with Crippen molar-refractivity contribution in [3.05, 3.63) is 21.2 Å². The van der Waals surface area contributed by atoms with Crippen LogP contribution in [-0.2, 0) is 0 Å². The van der Waals surface area contributed by atoms with Gasteiger partial charge >= 0.3 is 5.37 Å². The van der Waals surface area contributed by atoms with E-state index in [0.29, 0.717) is 11.4 Å². The molecule has 0 fully saturated rings. The summed E-state index contributed by atoms with van der Waals surface area (Å²) >= 11 is 8.82. The zero-order valence-electron chi connectivity index (χ0n) is 9.57. The fourth-order valence-corrected chi connectivity index (χ4v) is 2.18. The second-order valence-corrected chi connectivity index (χ2v) is 4.63. The largest absolute Gasteiger partial charge is 0.494 e. The Kier molecular flexibility index (Phi) is 4.21. The summed E-state index contributed by atoms with van der Waals surface area (Å²) in [5.41, 5.74) is 3.56. The molecule has 0 aliphatic heterocycles. The molecule has 0 aliphatic rings. The van der Waals surface area contributed by atoms with Crippen molar-refractivity contribution < 1.29 is 9.53 Å². The number of carbonyl (C=O) groups is 1. The van der Waals surface area contributed by atoms with Gasteiger partial charge in [-0.3, -0.25) is 4.79 Å². The lowest BCUT2D eigenvalue weighted by Crippen LogP contribution is -2.07. The Balaban J connectivity index is 3.50. The van der Waals surface area contributed by atoms with Crippen LogP contribution < -0.4 is 10.1 Å². The number of hydrogen-bond donors (Lipinski definition) is 1. The second-order valence-electron chi connectivity index (χ2n) is 3.50. The molecule has 5 heteroatoms. The molecule has 0 aliphatic carbocycles. The van der Waals surface area contributed by atoms with Crippen molar-refractivity contribution in [2.45, 2.75) is 20.8 Å². The Morgan fingerprint density at radius 1 is 1.25 bits per heavy atom. The second kappa shape index (κ2) is 5.06. The van der Waals surface area contributed by atoms with Crippen molar-refractivity contribution in [3.63, 3.8) is 0 Å². The maximum absolute atomic E-state index is 10.9. The van der Waals surface area contributed by atoms with Crippen LogP contribution in [0.5, 0.6) is 5.75 Å². The summed E-state index contributed by atoms with van der Waals surface area (Å²) in [6.07, 6.45) is 0. The number of amides is 1. The third kappa shape index (κ3) is 2.33. The van der Waals surface area contributed by atoms with E-state index < -0.39 is 5.37 Å². The Morgan fingerprint density at radius 3 is 2.25 bits per heavy atom. The van der Waals surface area contributed by atoms with Crippen LogP contribution >= 0.6 is 27.5 Å². The molecule has 1 N–H and O–H groups in total. The summed E-state index contributed by atoms with van der Waals surface area (Å²) in [5, 5.41) is 1.94. The normalized spacial score (nSPS) is 10.1. The van der Waals surface area contributed by atoms with Crippen LogP contribution in [0, 0.1) is 20.8 Å². The highest BCUT2D eigenvalue weighted by molar-refractivity contribution is 9.10. The Labute approximate surface area is 108 Å². The predicted octanol–water partition coefficient (Wildman–Crippen LogP) is 4.15. The zero-order chi connectivity index (χ0) is 12.5. The number of hydrogen-bond acceptors (Lipinski definition) is 2. The molecule has 0 bridgehead atoms. The van der Waals surface area contributed by atoms with E-state index in [1.54, 1.807) is 7.11 Å². The maximum atomic E-state index is 10.9. The minimum atomic E-state index is -0.628. The lowest BCUT2D eigenvalue weighted by atomic mass is 10.0. The van der Waals surface area contributed by atoms with Crippen molar-refractivity contribution in [1.82, 2.24) is 0 Å². The van der Waals surface area contributed by atoms with Gasteiger partial charge in [-0.25, -0.2) is 0 Å². The smallest absolute Gasteiger partial charge is 0.318 e. The summed E-state index contributed by atoms with van der Waals surface area (Å²) in [4.78, 5) is 10.9. The topological polar surface area (TPSA) is 38.3 Å². The van der Waals surface area contributed by atoms with Crippen LogP contribution in [0.4, 0.5) is 10.5 Å². The van der Waals surface area contributed by atoms with Gasteiger partial charge in [0.05, 0.1) is 12.8 Å². The zero-order valence-corrected chi connectivity index (χ0v) is 11.9. The first-order valence-corrected chi connectivity index (χ1v) is 5.87. The number of rotatable bonds is 2. The molecule has 0 aromatic heterocycles. The van der Waals surface area contributed by atoms with Gasteiger partial charge in [0.25, 0.3) is 0 Å². The molecule has 16 heavy (non-hydrogen) atoms. The average molecular weight is 307 g/mol. The molecule has 0 atom stereocenters. The quantitative estimate of drug-likeness (QED) is 0.658. The molecule has 1 aromatic rings. The van der Waals surface area contributed by atoms with Gasteiger partial charge in [-0.1, -0.05) is 15.9 Å². The monoisotopic (exact) mass is 305 g/mol. The van der Waals surface area contributed by atoms with Gasteiger partial charge in [0.2, 0.25) is 0 Å². The molecule has 0 saturated carbocycles. The van der Waals surface area contributed by atoms with E-state index in [9.17, 15) is 4.79 Å². The minimum Gasteiger partial charge on any atom is -0.494 e. The molecule has 1 aromatic carbocycles. The van der Waals surface area contributed by atoms with E-state index in [0.717, 1.165) is 21.2 Å². The molecular formula is C11H13BrClNO2. The number of halogens is 2. The molecule has 0 radical (unpaired) electrons. The highest BCUT2D eigenvalue weighted by Crippen LogP contribution is 2.39. The van der Waals surface area contributed by atoms with Crippen molar-refractivity contribution >= 4 is 38.6 Å². The number of benzene rings is 1. The highest BCUT2D eigenvalue weighted by atomic mass is 79.9. The first-order valence-electron chi connectivity index (χ1n) is 4.69. The summed E-state index contributed by atoms with van der Waals surface area (Å²) in [5.74, 6) is 0.646. The van der Waals surface area contributed by atoms with Gasteiger partial charge in [0, 0.05) is 4.47 Å². The van der Waals surface area contributed by atoms with Gasteiger partial charge in [0.15, 0.2) is 0 Å². The Morgan fingerprint density at radius 2 is 1.81 bits per heavy atom. The van der Waals surface area contributed by atoms with E-state index in [1.807, 2.05) is 20.8 Å². The third-order valence-electron chi connectivity index (χ3n) is 2.59. The van der Waals surface area contributed by atoms with E-state index in [1.165, 1.54) is 0 Å². The van der Waals surface area contributed by atoms with Crippen molar-refractivity contribution in [2.24, 2.45) is 0 Å². The Bertz CT molecular complexity index is 446. The molecule has 0 saturated heterocycles. The van der Waals surface area contributed by atoms with E-state index >= 15 is 0 Å². The standard InChI is InChI=1S/C11H13BrClNO2/c1-5-6(2)10(16-4)9(14-11(13)15)7(3)8(5)12/h1-4H3,(H,14,15). The van der Waals surface area contributed by atoms with E-state index in [4.69, 9.17) is 16.3 Å². The lowest BCUT2D eigenvalue weighted by molar-refractivity contribution is 0.268. The molecule has 0 unspecified atom stereocenters. The van der Waals surface area contributed by atoms with E-state index in [-0.39, 0.29) is 0 Å². The van der Waals surface area contributed by atoms with Gasteiger partial charge in [-0.15, -0.1) is 0 Å². The lowest BCUT2D eigenvalue weighted by Gasteiger charge is -2.18. The van der Waals surface area contributed by atoms with Crippen LogP contribution in [0.3, 0.4) is 0 Å². The molecule has 88 valence electrons. The van der Waals surface area contributed by atoms with Crippen molar-refractivity contribution in [1.29, 1.82) is 0 Å². The molecule has 3 nitrogen and oxygen atoms in total. The molecular weight excluding hydrogens is 293 g/mol. The summed E-state index contributed by atoms with van der Waals surface area (Å²) in [7, 11) is 1.57. The van der Waals surface area contributed by atoms with E-state index in [2.05, 4.69) is 21.2 Å². The fourth-order valence-electron chi connectivity index (χ4n) is 1.59. The average Bonchev–Trinajstić information content (AvgIpc) is 2.23.